The predicted octanol–water partition coefficient (Wildman–Crippen LogP) is 2.12. The number of thioether (sulfide) groups is 1. The van der Waals surface area contributed by atoms with Gasteiger partial charge in [-0.2, -0.15) is 5.10 Å². The molecule has 0 spiro atoms. The Labute approximate surface area is 158 Å². The van der Waals surface area contributed by atoms with Crippen LogP contribution >= 0.6 is 11.8 Å². The van der Waals surface area contributed by atoms with E-state index >= 15 is 0 Å². The Balaban J connectivity index is 1.83. The monoisotopic (exact) mass is 387 g/mol. The fourth-order valence-corrected chi connectivity index (χ4v) is 3.03. The number of hydrogen-bond acceptors (Lipinski definition) is 9. The van der Waals surface area contributed by atoms with Gasteiger partial charge in [0.15, 0.2) is 11.0 Å². The molecule has 1 aromatic carbocycles. The molecule has 0 saturated heterocycles. The minimum atomic E-state index is -1.07. The number of ketones is 1. The second-order valence-corrected chi connectivity index (χ2v) is 6.48. The number of hydrogen-bond donors (Lipinski definition) is 1. The molecule has 0 fully saturated rings. The number of nitrogens with two attached hydrogens (primary N) is 1. The van der Waals surface area contributed by atoms with E-state index in [1.54, 1.807) is 11.6 Å². The van der Waals surface area contributed by atoms with E-state index in [4.69, 9.17) is 14.9 Å². The molecule has 1 atom stereocenters. The van der Waals surface area contributed by atoms with Crippen molar-refractivity contribution in [3.63, 3.8) is 0 Å². The van der Waals surface area contributed by atoms with Crippen LogP contribution in [0.2, 0.25) is 0 Å². The van der Waals surface area contributed by atoms with E-state index in [2.05, 4.69) is 15.3 Å². The third-order valence-electron chi connectivity index (χ3n) is 3.53. The quantitative estimate of drug-likeness (QED) is 0.368. The molecule has 1 unspecified atom stereocenters. The molecular formula is C17H17N5O4S. The fraction of sp³-hybridized carbons (Fsp3) is 0.235. The minimum Gasteiger partial charge on any atom is -0.465 e. The van der Waals surface area contributed by atoms with E-state index in [0.717, 1.165) is 17.4 Å². The minimum absolute atomic E-state index is 0.0603. The van der Waals surface area contributed by atoms with Crippen molar-refractivity contribution in [2.24, 2.45) is 0 Å². The molecule has 140 valence electrons. The molecule has 2 heterocycles. The van der Waals surface area contributed by atoms with Crippen LogP contribution < -0.4 is 5.73 Å². The molecule has 0 aliphatic heterocycles. The number of aromatic nitrogens is 4. The molecule has 0 aliphatic rings. The number of nitrogen functional groups attached to an aromatic ring is 1. The van der Waals surface area contributed by atoms with Crippen LogP contribution in [0, 0.1) is 0 Å². The molecule has 0 bridgehead atoms. The number of benzene rings is 1. The number of anilines is 1. The summed E-state index contributed by atoms with van der Waals surface area (Å²) < 4.78 is 12.0. The molecule has 2 N–H and O–H groups in total. The van der Waals surface area contributed by atoms with Gasteiger partial charge >= 0.3 is 5.97 Å². The van der Waals surface area contributed by atoms with Crippen LogP contribution in [0.5, 0.6) is 0 Å². The zero-order chi connectivity index (χ0) is 19.4. The SMILES string of the molecule is CCOC(=O)C(Sc1nnc(-c2cnn(-c3ccccc3)c2N)o1)C(C)=O. The summed E-state index contributed by atoms with van der Waals surface area (Å²) in [5.74, 6) is -0.543. The fourth-order valence-electron chi connectivity index (χ4n) is 2.28. The van der Waals surface area contributed by atoms with Crippen molar-refractivity contribution in [3.8, 4) is 17.1 Å². The Kier molecular flexibility index (Phi) is 5.55. The maximum atomic E-state index is 11.9. The summed E-state index contributed by atoms with van der Waals surface area (Å²) in [6.07, 6.45) is 1.51. The molecule has 9 nitrogen and oxygen atoms in total. The van der Waals surface area contributed by atoms with Crippen molar-refractivity contribution in [3.05, 3.63) is 36.5 Å². The van der Waals surface area contributed by atoms with E-state index in [9.17, 15) is 9.59 Å². The first-order chi connectivity index (χ1) is 13.0. The number of carbonyl (C=O) groups is 2. The second kappa shape index (κ2) is 8.04. The highest BCUT2D eigenvalue weighted by Gasteiger charge is 2.29. The van der Waals surface area contributed by atoms with E-state index in [-0.39, 0.29) is 23.5 Å². The van der Waals surface area contributed by atoms with Gasteiger partial charge in [0.2, 0.25) is 0 Å². The Morgan fingerprint density at radius 1 is 1.30 bits per heavy atom. The third kappa shape index (κ3) is 4.00. The Bertz CT molecular complexity index is 953. The van der Waals surface area contributed by atoms with E-state index in [1.807, 2.05) is 30.3 Å². The van der Waals surface area contributed by atoms with Crippen LogP contribution in [0.1, 0.15) is 13.8 Å². The molecule has 0 aliphatic carbocycles. The smallest absolute Gasteiger partial charge is 0.327 e. The molecule has 3 aromatic rings. The predicted molar refractivity (Wildman–Crippen MR) is 98.2 cm³/mol. The summed E-state index contributed by atoms with van der Waals surface area (Å²) in [5.41, 5.74) is 7.39. The molecule has 0 amide bonds. The van der Waals surface area contributed by atoms with Crippen molar-refractivity contribution in [2.75, 3.05) is 12.3 Å². The van der Waals surface area contributed by atoms with Crippen LogP contribution in [0.15, 0.2) is 46.2 Å². The molecule has 10 heteroatoms. The van der Waals surface area contributed by atoms with Gasteiger partial charge in [0.1, 0.15) is 11.4 Å². The van der Waals surface area contributed by atoms with Crippen molar-refractivity contribution < 1.29 is 18.7 Å². The van der Waals surface area contributed by atoms with Crippen LogP contribution in [-0.2, 0) is 14.3 Å². The van der Waals surface area contributed by atoms with Gasteiger partial charge in [-0.05, 0) is 37.7 Å². The summed E-state index contributed by atoms with van der Waals surface area (Å²) in [4.78, 5) is 23.6. The van der Waals surface area contributed by atoms with Gasteiger partial charge in [0, 0.05) is 0 Å². The summed E-state index contributed by atoms with van der Waals surface area (Å²) in [7, 11) is 0. The average molecular weight is 387 g/mol. The lowest BCUT2D eigenvalue weighted by Gasteiger charge is -2.09. The zero-order valence-electron chi connectivity index (χ0n) is 14.7. The largest absolute Gasteiger partial charge is 0.465 e. The van der Waals surface area contributed by atoms with E-state index in [0.29, 0.717) is 11.4 Å². The number of carbonyl (C=O) groups excluding carboxylic acids is 2. The summed E-state index contributed by atoms with van der Waals surface area (Å²) in [6, 6.07) is 9.35. The maximum Gasteiger partial charge on any atom is 0.327 e. The first-order valence-corrected chi connectivity index (χ1v) is 8.95. The van der Waals surface area contributed by atoms with Crippen LogP contribution in [-0.4, -0.2) is 43.6 Å². The van der Waals surface area contributed by atoms with Crippen molar-refractivity contribution >= 4 is 29.3 Å². The third-order valence-corrected chi connectivity index (χ3v) is 4.66. The van der Waals surface area contributed by atoms with Crippen LogP contribution in [0.3, 0.4) is 0 Å². The number of para-hydroxylation sites is 1. The summed E-state index contributed by atoms with van der Waals surface area (Å²) in [6.45, 7) is 3.14. The lowest BCUT2D eigenvalue weighted by Crippen LogP contribution is -2.27. The zero-order valence-corrected chi connectivity index (χ0v) is 15.5. The first-order valence-electron chi connectivity index (χ1n) is 8.07. The van der Waals surface area contributed by atoms with Gasteiger partial charge in [-0.15, -0.1) is 10.2 Å². The highest BCUT2D eigenvalue weighted by molar-refractivity contribution is 8.01. The van der Waals surface area contributed by atoms with Gasteiger partial charge in [0.25, 0.3) is 11.1 Å². The maximum absolute atomic E-state index is 11.9. The number of ether oxygens (including phenoxy) is 1. The Hall–Kier alpha value is -3.14. The average Bonchev–Trinajstić information content (AvgIpc) is 3.26. The standard InChI is InChI=1S/C17H17N5O4S/c1-3-25-16(24)13(10(2)23)27-17-21-20-15(26-17)12-9-19-22(14(12)18)11-7-5-4-6-8-11/h4-9,13H,3,18H2,1-2H3. The van der Waals surface area contributed by atoms with Gasteiger partial charge < -0.3 is 14.9 Å². The van der Waals surface area contributed by atoms with E-state index in [1.165, 1.54) is 13.1 Å². The molecule has 0 radical (unpaired) electrons. The second-order valence-electron chi connectivity index (χ2n) is 5.42. The van der Waals surface area contributed by atoms with Crippen molar-refractivity contribution in [2.45, 2.75) is 24.3 Å². The highest BCUT2D eigenvalue weighted by atomic mass is 32.2. The number of Topliss-reactive ketones (excluding diaryl/α,β-unsaturated/α-hetero) is 1. The number of esters is 1. The molecular weight excluding hydrogens is 370 g/mol. The normalized spacial score (nSPS) is 11.9. The van der Waals surface area contributed by atoms with E-state index < -0.39 is 11.2 Å². The Morgan fingerprint density at radius 2 is 2.04 bits per heavy atom. The molecule has 2 aromatic heterocycles. The van der Waals surface area contributed by atoms with Crippen LogP contribution in [0.4, 0.5) is 5.82 Å². The summed E-state index contributed by atoms with van der Waals surface area (Å²) >= 11 is 0.837. The van der Waals surface area contributed by atoms with Gasteiger partial charge in [-0.3, -0.25) is 9.59 Å². The number of nitrogens with zero attached hydrogens (tertiary/aromatic N) is 4. The lowest BCUT2D eigenvalue weighted by molar-refractivity contribution is -0.144. The van der Waals surface area contributed by atoms with Crippen molar-refractivity contribution in [1.29, 1.82) is 0 Å². The highest BCUT2D eigenvalue weighted by Crippen LogP contribution is 2.30. The topological polar surface area (TPSA) is 126 Å². The molecule has 27 heavy (non-hydrogen) atoms. The lowest BCUT2D eigenvalue weighted by atomic mass is 10.3. The summed E-state index contributed by atoms with van der Waals surface area (Å²) in [5, 5.41) is 11.0. The number of rotatable bonds is 7. The van der Waals surface area contributed by atoms with Gasteiger partial charge in [-0.25, -0.2) is 4.68 Å². The van der Waals surface area contributed by atoms with Crippen molar-refractivity contribution in [1.82, 2.24) is 20.0 Å². The first kappa shape index (κ1) is 18.6. The molecule has 3 rings (SSSR count). The van der Waals surface area contributed by atoms with Gasteiger partial charge in [-0.1, -0.05) is 18.2 Å². The Morgan fingerprint density at radius 3 is 2.70 bits per heavy atom. The molecule has 0 saturated carbocycles. The van der Waals surface area contributed by atoms with Crippen LogP contribution in [0.25, 0.3) is 17.1 Å². The van der Waals surface area contributed by atoms with Gasteiger partial charge in [0.05, 0.1) is 18.5 Å².